The number of aromatic nitrogens is 1. The summed E-state index contributed by atoms with van der Waals surface area (Å²) in [5, 5.41) is 4.22. The van der Waals surface area contributed by atoms with Crippen LogP contribution in [0.1, 0.15) is 25.0 Å². The highest BCUT2D eigenvalue weighted by Crippen LogP contribution is 2.37. The second-order valence-electron chi connectivity index (χ2n) is 5.66. The van der Waals surface area contributed by atoms with Crippen LogP contribution in [0.25, 0.3) is 10.2 Å². The predicted molar refractivity (Wildman–Crippen MR) is 89.8 cm³/mol. The molecular weight excluding hydrogens is 284 g/mol. The summed E-state index contributed by atoms with van der Waals surface area (Å²) < 4.78 is 12.2. The monoisotopic (exact) mass is 308 g/mol. The zero-order valence-corrected chi connectivity index (χ0v) is 14.3. The summed E-state index contributed by atoms with van der Waals surface area (Å²) in [6.07, 6.45) is 0. The van der Waals surface area contributed by atoms with Gasteiger partial charge in [0.2, 0.25) is 0 Å². The molecule has 116 valence electrons. The van der Waals surface area contributed by atoms with Gasteiger partial charge in [-0.25, -0.2) is 4.98 Å². The van der Waals surface area contributed by atoms with Crippen molar-refractivity contribution in [1.29, 1.82) is 0 Å². The van der Waals surface area contributed by atoms with Gasteiger partial charge < -0.3 is 14.8 Å². The van der Waals surface area contributed by atoms with E-state index >= 15 is 0 Å². The van der Waals surface area contributed by atoms with Crippen molar-refractivity contribution in [3.8, 4) is 5.75 Å². The Morgan fingerprint density at radius 2 is 2.05 bits per heavy atom. The second kappa shape index (κ2) is 7.09. The lowest BCUT2D eigenvalue weighted by Crippen LogP contribution is -2.07. The van der Waals surface area contributed by atoms with Gasteiger partial charge in [0.1, 0.15) is 11.3 Å². The average molecular weight is 308 g/mol. The molecule has 0 aliphatic carbocycles. The van der Waals surface area contributed by atoms with Crippen molar-refractivity contribution in [3.63, 3.8) is 0 Å². The van der Waals surface area contributed by atoms with Crippen molar-refractivity contribution in [2.45, 2.75) is 27.7 Å². The summed E-state index contributed by atoms with van der Waals surface area (Å²) >= 11 is 1.67. The molecule has 0 fully saturated rings. The molecule has 0 saturated carbocycles. The predicted octanol–water partition coefficient (Wildman–Crippen LogP) is 4.01. The van der Waals surface area contributed by atoms with Gasteiger partial charge in [-0.1, -0.05) is 31.3 Å². The molecule has 0 aliphatic rings. The number of methoxy groups -OCH3 is 1. The quantitative estimate of drug-likeness (QED) is 0.785. The molecule has 2 aromatic rings. The Morgan fingerprint density at radius 1 is 1.29 bits per heavy atom. The maximum absolute atomic E-state index is 6.00. The van der Waals surface area contributed by atoms with E-state index in [0.717, 1.165) is 28.5 Å². The molecule has 1 heterocycles. The molecule has 0 spiro atoms. The highest BCUT2D eigenvalue weighted by atomic mass is 32.1. The number of thiazole rings is 1. The first-order valence-corrected chi connectivity index (χ1v) is 8.11. The van der Waals surface area contributed by atoms with E-state index in [4.69, 9.17) is 14.5 Å². The molecule has 1 N–H and O–H groups in total. The number of aryl methyl sites for hydroxylation is 2. The zero-order chi connectivity index (χ0) is 15.4. The average Bonchev–Trinajstić information content (AvgIpc) is 2.83. The van der Waals surface area contributed by atoms with E-state index in [9.17, 15) is 0 Å². The fraction of sp³-hybridized carbons (Fsp3) is 0.562. The Kier molecular flexibility index (Phi) is 5.42. The minimum absolute atomic E-state index is 0.499. The van der Waals surface area contributed by atoms with E-state index in [2.05, 4.69) is 39.1 Å². The van der Waals surface area contributed by atoms with Crippen molar-refractivity contribution in [3.05, 3.63) is 17.2 Å². The van der Waals surface area contributed by atoms with Gasteiger partial charge in [-0.05, 0) is 30.9 Å². The van der Waals surface area contributed by atoms with Gasteiger partial charge in [-0.15, -0.1) is 0 Å². The van der Waals surface area contributed by atoms with Crippen molar-refractivity contribution >= 4 is 26.7 Å². The first kappa shape index (κ1) is 16.0. The van der Waals surface area contributed by atoms with Crippen LogP contribution in [-0.4, -0.2) is 31.9 Å². The van der Waals surface area contributed by atoms with E-state index in [1.807, 2.05) is 0 Å². The maximum atomic E-state index is 6.00. The van der Waals surface area contributed by atoms with Crippen LogP contribution in [0.3, 0.4) is 0 Å². The lowest BCUT2D eigenvalue weighted by Gasteiger charge is -2.12. The Hall–Kier alpha value is -1.33. The normalized spacial score (nSPS) is 11.3. The highest BCUT2D eigenvalue weighted by Gasteiger charge is 2.15. The van der Waals surface area contributed by atoms with E-state index in [1.54, 1.807) is 18.4 Å². The van der Waals surface area contributed by atoms with E-state index < -0.39 is 0 Å². The van der Waals surface area contributed by atoms with Crippen LogP contribution in [-0.2, 0) is 4.74 Å². The highest BCUT2D eigenvalue weighted by molar-refractivity contribution is 7.22. The summed E-state index contributed by atoms with van der Waals surface area (Å²) in [6, 6.07) is 2.18. The number of nitrogens with one attached hydrogen (secondary N) is 1. The van der Waals surface area contributed by atoms with E-state index in [1.165, 1.54) is 10.3 Å². The maximum Gasteiger partial charge on any atom is 0.184 e. The largest absolute Gasteiger partial charge is 0.491 e. The van der Waals surface area contributed by atoms with Crippen LogP contribution in [0.4, 0.5) is 5.13 Å². The molecule has 0 saturated heterocycles. The SMILES string of the molecule is COCCNc1nc2c(OCC(C)C)c(C)cc(C)c2s1. The van der Waals surface area contributed by atoms with Crippen LogP contribution >= 0.6 is 11.3 Å². The molecule has 5 heteroatoms. The molecule has 0 aliphatic heterocycles. The minimum Gasteiger partial charge on any atom is -0.491 e. The fourth-order valence-corrected chi connectivity index (χ4v) is 3.11. The Bertz CT molecular complexity index is 608. The summed E-state index contributed by atoms with van der Waals surface area (Å²) in [7, 11) is 1.70. The first-order chi connectivity index (χ1) is 10.0. The summed E-state index contributed by atoms with van der Waals surface area (Å²) in [5.74, 6) is 1.42. The summed E-state index contributed by atoms with van der Waals surface area (Å²) in [5.41, 5.74) is 3.36. The summed E-state index contributed by atoms with van der Waals surface area (Å²) in [4.78, 5) is 4.71. The van der Waals surface area contributed by atoms with Gasteiger partial charge >= 0.3 is 0 Å². The topological polar surface area (TPSA) is 43.4 Å². The van der Waals surface area contributed by atoms with Crippen molar-refractivity contribution in [2.75, 3.05) is 32.2 Å². The Labute approximate surface area is 130 Å². The van der Waals surface area contributed by atoms with Crippen LogP contribution in [0.2, 0.25) is 0 Å². The Morgan fingerprint density at radius 3 is 2.71 bits per heavy atom. The third-order valence-corrected chi connectivity index (χ3v) is 4.28. The molecule has 21 heavy (non-hydrogen) atoms. The molecule has 4 nitrogen and oxygen atoms in total. The van der Waals surface area contributed by atoms with E-state index in [0.29, 0.717) is 19.1 Å². The van der Waals surface area contributed by atoms with Gasteiger partial charge in [-0.2, -0.15) is 0 Å². The first-order valence-electron chi connectivity index (χ1n) is 7.29. The van der Waals surface area contributed by atoms with Crippen LogP contribution < -0.4 is 10.1 Å². The molecule has 0 atom stereocenters. The van der Waals surface area contributed by atoms with Gasteiger partial charge in [0.15, 0.2) is 5.13 Å². The Balaban J connectivity index is 2.33. The van der Waals surface area contributed by atoms with Crippen molar-refractivity contribution in [1.82, 2.24) is 4.98 Å². The number of ether oxygens (including phenoxy) is 2. The molecule has 1 aromatic heterocycles. The lowest BCUT2D eigenvalue weighted by atomic mass is 10.1. The van der Waals surface area contributed by atoms with Gasteiger partial charge in [0, 0.05) is 13.7 Å². The van der Waals surface area contributed by atoms with Crippen LogP contribution in [0, 0.1) is 19.8 Å². The third-order valence-electron chi connectivity index (χ3n) is 3.13. The third kappa shape index (κ3) is 3.86. The number of fused-ring (bicyclic) bond motifs is 1. The number of hydrogen-bond donors (Lipinski definition) is 1. The zero-order valence-electron chi connectivity index (χ0n) is 13.4. The minimum atomic E-state index is 0.499. The molecule has 0 bridgehead atoms. The number of hydrogen-bond acceptors (Lipinski definition) is 5. The number of benzene rings is 1. The van der Waals surface area contributed by atoms with Crippen LogP contribution in [0.5, 0.6) is 5.75 Å². The smallest absolute Gasteiger partial charge is 0.184 e. The second-order valence-corrected chi connectivity index (χ2v) is 6.66. The number of anilines is 1. The molecule has 0 unspecified atom stereocenters. The van der Waals surface area contributed by atoms with Crippen molar-refractivity contribution < 1.29 is 9.47 Å². The van der Waals surface area contributed by atoms with Crippen molar-refractivity contribution in [2.24, 2.45) is 5.92 Å². The molecule has 2 rings (SSSR count). The molecular formula is C16H24N2O2S. The molecule has 0 amide bonds. The van der Waals surface area contributed by atoms with Gasteiger partial charge in [-0.3, -0.25) is 0 Å². The van der Waals surface area contributed by atoms with Gasteiger partial charge in [0.25, 0.3) is 0 Å². The van der Waals surface area contributed by atoms with E-state index in [-0.39, 0.29) is 0 Å². The standard InChI is InChI=1S/C16H24N2O2S/c1-10(2)9-20-14-11(3)8-12(4)15-13(14)18-16(21-15)17-6-7-19-5/h8,10H,6-7,9H2,1-5H3,(H,17,18). The van der Waals surface area contributed by atoms with Gasteiger partial charge in [0.05, 0.1) is 17.9 Å². The fourth-order valence-electron chi connectivity index (χ4n) is 2.15. The lowest BCUT2D eigenvalue weighted by molar-refractivity contribution is 0.211. The number of rotatable bonds is 7. The summed E-state index contributed by atoms with van der Waals surface area (Å²) in [6.45, 7) is 10.7. The van der Waals surface area contributed by atoms with Crippen LogP contribution in [0.15, 0.2) is 6.07 Å². The molecule has 0 radical (unpaired) electrons. The number of nitrogens with zero attached hydrogens (tertiary/aromatic N) is 1. The molecule has 1 aromatic carbocycles.